The molecule has 0 amide bonds. The minimum absolute atomic E-state index is 0.181. The zero-order valence-electron chi connectivity index (χ0n) is 9.48. The molecule has 3 nitrogen and oxygen atoms in total. The minimum atomic E-state index is -0.181. The van der Waals surface area contributed by atoms with E-state index in [2.05, 4.69) is 4.98 Å². The number of pyridine rings is 1. The Balaban J connectivity index is 2.38. The van der Waals surface area contributed by atoms with Crippen molar-refractivity contribution in [2.45, 2.75) is 0 Å². The predicted octanol–water partition coefficient (Wildman–Crippen LogP) is 3.63. The first kappa shape index (κ1) is 12.9. The third kappa shape index (κ3) is 2.63. The monoisotopic (exact) mass is 281 g/mol. The van der Waals surface area contributed by atoms with Crippen LogP contribution in [0.2, 0.25) is 10.0 Å². The number of benzene rings is 1. The summed E-state index contributed by atoms with van der Waals surface area (Å²) < 4.78 is 5.02. The van der Waals surface area contributed by atoms with E-state index in [1.807, 2.05) is 0 Å². The standard InChI is InChI=1S/C13H9Cl2NO2/c1-18-10-4-9(6-16-7-10)13(17)8-2-3-11(14)12(15)5-8/h2-7H,1H3. The molecule has 0 radical (unpaired) electrons. The van der Waals surface area contributed by atoms with Crippen molar-refractivity contribution in [2.24, 2.45) is 0 Å². The molecule has 2 rings (SSSR count). The average molecular weight is 282 g/mol. The van der Waals surface area contributed by atoms with Crippen molar-refractivity contribution in [1.29, 1.82) is 0 Å². The molecule has 0 saturated heterocycles. The summed E-state index contributed by atoms with van der Waals surface area (Å²) in [6.45, 7) is 0. The lowest BCUT2D eigenvalue weighted by atomic mass is 10.1. The van der Waals surface area contributed by atoms with Gasteiger partial charge in [-0.1, -0.05) is 23.2 Å². The van der Waals surface area contributed by atoms with E-state index in [0.717, 1.165) is 0 Å². The van der Waals surface area contributed by atoms with Gasteiger partial charge in [-0.2, -0.15) is 0 Å². The maximum absolute atomic E-state index is 12.2. The Morgan fingerprint density at radius 3 is 2.56 bits per heavy atom. The molecule has 0 unspecified atom stereocenters. The molecule has 0 atom stereocenters. The second kappa shape index (κ2) is 5.38. The Hall–Kier alpha value is -1.58. The highest BCUT2D eigenvalue weighted by atomic mass is 35.5. The molecule has 0 aliphatic heterocycles. The lowest BCUT2D eigenvalue weighted by Crippen LogP contribution is -2.02. The quantitative estimate of drug-likeness (QED) is 0.807. The van der Waals surface area contributed by atoms with Crippen molar-refractivity contribution in [1.82, 2.24) is 4.98 Å². The van der Waals surface area contributed by atoms with E-state index in [1.165, 1.54) is 25.6 Å². The van der Waals surface area contributed by atoms with Crippen molar-refractivity contribution in [3.63, 3.8) is 0 Å². The van der Waals surface area contributed by atoms with Crippen LogP contribution >= 0.6 is 23.2 Å². The molecule has 0 aliphatic carbocycles. The molecule has 18 heavy (non-hydrogen) atoms. The number of hydrogen-bond donors (Lipinski definition) is 0. The molecule has 0 spiro atoms. The van der Waals surface area contributed by atoms with Gasteiger partial charge in [-0.05, 0) is 24.3 Å². The fourth-order valence-corrected chi connectivity index (χ4v) is 1.76. The summed E-state index contributed by atoms with van der Waals surface area (Å²) in [5.74, 6) is 0.348. The highest BCUT2D eigenvalue weighted by Crippen LogP contribution is 2.24. The summed E-state index contributed by atoms with van der Waals surface area (Å²) in [5, 5.41) is 0.760. The molecular formula is C13H9Cl2NO2. The van der Waals surface area contributed by atoms with Crippen LogP contribution in [-0.4, -0.2) is 17.9 Å². The van der Waals surface area contributed by atoms with Crippen molar-refractivity contribution in [3.8, 4) is 5.75 Å². The lowest BCUT2D eigenvalue weighted by molar-refractivity contribution is 0.103. The zero-order valence-corrected chi connectivity index (χ0v) is 11.0. The number of ketones is 1. The number of carbonyl (C=O) groups excluding carboxylic acids is 1. The fraction of sp³-hybridized carbons (Fsp3) is 0.0769. The number of rotatable bonds is 3. The zero-order chi connectivity index (χ0) is 13.1. The first-order valence-electron chi connectivity index (χ1n) is 5.10. The lowest BCUT2D eigenvalue weighted by Gasteiger charge is -2.04. The van der Waals surface area contributed by atoms with Crippen molar-refractivity contribution < 1.29 is 9.53 Å². The maximum Gasteiger partial charge on any atom is 0.194 e. The van der Waals surface area contributed by atoms with Gasteiger partial charge in [0.1, 0.15) is 5.75 Å². The second-order valence-electron chi connectivity index (χ2n) is 3.57. The van der Waals surface area contributed by atoms with Gasteiger partial charge in [-0.25, -0.2) is 0 Å². The fourth-order valence-electron chi connectivity index (χ4n) is 1.46. The molecule has 92 valence electrons. The highest BCUT2D eigenvalue weighted by Gasteiger charge is 2.12. The Kier molecular flexibility index (Phi) is 3.84. The van der Waals surface area contributed by atoms with E-state index >= 15 is 0 Å². The van der Waals surface area contributed by atoms with Gasteiger partial charge in [0.2, 0.25) is 0 Å². The van der Waals surface area contributed by atoms with E-state index in [9.17, 15) is 4.79 Å². The smallest absolute Gasteiger partial charge is 0.194 e. The van der Waals surface area contributed by atoms with Gasteiger partial charge in [-0.3, -0.25) is 9.78 Å². The average Bonchev–Trinajstić information content (AvgIpc) is 2.41. The van der Waals surface area contributed by atoms with Crippen LogP contribution in [0.3, 0.4) is 0 Å². The van der Waals surface area contributed by atoms with Crippen LogP contribution in [0.4, 0.5) is 0 Å². The van der Waals surface area contributed by atoms with E-state index in [0.29, 0.717) is 26.9 Å². The van der Waals surface area contributed by atoms with Gasteiger partial charge in [0, 0.05) is 17.3 Å². The number of nitrogens with zero attached hydrogens (tertiary/aromatic N) is 1. The summed E-state index contributed by atoms with van der Waals surface area (Å²) in [4.78, 5) is 16.1. The number of aromatic nitrogens is 1. The van der Waals surface area contributed by atoms with Crippen LogP contribution in [0, 0.1) is 0 Å². The van der Waals surface area contributed by atoms with E-state index < -0.39 is 0 Å². The van der Waals surface area contributed by atoms with Gasteiger partial charge in [0.05, 0.1) is 23.4 Å². The molecular weight excluding hydrogens is 273 g/mol. The molecule has 5 heteroatoms. The van der Waals surface area contributed by atoms with Gasteiger partial charge < -0.3 is 4.74 Å². The summed E-state index contributed by atoms with van der Waals surface area (Å²) in [6.07, 6.45) is 3.01. The van der Waals surface area contributed by atoms with Crippen molar-refractivity contribution >= 4 is 29.0 Å². The topological polar surface area (TPSA) is 39.2 Å². The van der Waals surface area contributed by atoms with Crippen molar-refractivity contribution in [2.75, 3.05) is 7.11 Å². The summed E-state index contributed by atoms with van der Waals surface area (Å²) in [5.41, 5.74) is 0.896. The van der Waals surface area contributed by atoms with Gasteiger partial charge >= 0.3 is 0 Å². The molecule has 0 fully saturated rings. The Bertz CT molecular complexity index is 599. The van der Waals surface area contributed by atoms with Crippen LogP contribution in [0.15, 0.2) is 36.7 Å². The predicted molar refractivity (Wildman–Crippen MR) is 70.7 cm³/mol. The Morgan fingerprint density at radius 2 is 1.89 bits per heavy atom. The van der Waals surface area contributed by atoms with Gasteiger partial charge in [-0.15, -0.1) is 0 Å². The second-order valence-corrected chi connectivity index (χ2v) is 4.39. The molecule has 0 aliphatic rings. The van der Waals surface area contributed by atoms with E-state index in [1.54, 1.807) is 18.2 Å². The van der Waals surface area contributed by atoms with E-state index in [4.69, 9.17) is 27.9 Å². The largest absolute Gasteiger partial charge is 0.495 e. The third-order valence-electron chi connectivity index (χ3n) is 2.39. The molecule has 1 aromatic carbocycles. The minimum Gasteiger partial charge on any atom is -0.495 e. The van der Waals surface area contributed by atoms with Crippen LogP contribution in [0.1, 0.15) is 15.9 Å². The molecule has 0 saturated carbocycles. The van der Waals surface area contributed by atoms with Crippen LogP contribution < -0.4 is 4.74 Å². The Labute approximate surface area is 114 Å². The van der Waals surface area contributed by atoms with Crippen LogP contribution in [0.5, 0.6) is 5.75 Å². The molecule has 0 bridgehead atoms. The number of ether oxygens (including phenoxy) is 1. The third-order valence-corrected chi connectivity index (χ3v) is 3.13. The molecule has 0 N–H and O–H groups in total. The normalized spacial score (nSPS) is 10.2. The summed E-state index contributed by atoms with van der Waals surface area (Å²) in [7, 11) is 1.52. The molecule has 1 aromatic heterocycles. The van der Waals surface area contributed by atoms with Gasteiger partial charge in [0.15, 0.2) is 5.78 Å². The van der Waals surface area contributed by atoms with Crippen molar-refractivity contribution in [3.05, 3.63) is 57.8 Å². The maximum atomic E-state index is 12.2. The molecule has 1 heterocycles. The SMILES string of the molecule is COc1cncc(C(=O)c2ccc(Cl)c(Cl)c2)c1. The number of hydrogen-bond acceptors (Lipinski definition) is 3. The molecule has 2 aromatic rings. The summed E-state index contributed by atoms with van der Waals surface area (Å²) >= 11 is 11.7. The first-order valence-corrected chi connectivity index (χ1v) is 5.86. The summed E-state index contributed by atoms with van der Waals surface area (Å²) in [6, 6.07) is 6.37. The number of halogens is 2. The number of methoxy groups -OCH3 is 1. The Morgan fingerprint density at radius 1 is 1.11 bits per heavy atom. The first-order chi connectivity index (χ1) is 8.61. The van der Waals surface area contributed by atoms with Gasteiger partial charge in [0.25, 0.3) is 0 Å². The van der Waals surface area contributed by atoms with Crippen LogP contribution in [-0.2, 0) is 0 Å². The van der Waals surface area contributed by atoms with E-state index in [-0.39, 0.29) is 5.78 Å². The number of carbonyl (C=O) groups is 1. The van der Waals surface area contributed by atoms with Crippen LogP contribution in [0.25, 0.3) is 0 Å². The highest BCUT2D eigenvalue weighted by molar-refractivity contribution is 6.42.